The highest BCUT2D eigenvalue weighted by Gasteiger charge is 2.65. The van der Waals surface area contributed by atoms with Gasteiger partial charge in [-0.1, -0.05) is 24.3 Å². The predicted molar refractivity (Wildman–Crippen MR) is 151 cm³/mol. The van der Waals surface area contributed by atoms with E-state index in [0.717, 1.165) is 35.6 Å². The summed E-state index contributed by atoms with van der Waals surface area (Å²) >= 11 is 1.09. The molecule has 2 heterocycles. The average Bonchev–Trinajstić information content (AvgIpc) is 3.66. The van der Waals surface area contributed by atoms with Crippen molar-refractivity contribution in [2.45, 2.75) is 10.5 Å². The Morgan fingerprint density at radius 2 is 1.56 bits per heavy atom. The number of rotatable bonds is 8. The zero-order valence-corrected chi connectivity index (χ0v) is 23.1. The number of thiazole rings is 1. The standard InChI is InChI=1S/C28H16N4O9S2/c33-23(15-5-9-17(10-6-15)32(37)38)21-22(26(36)41-28(21)24(34)19-3-1-2-4-20(19)25(28)35)30-16-7-11-18(12-8-16)43(39,40)31-27-29-13-14-42-27/h1-14,30H,(H,29,31). The van der Waals surface area contributed by atoms with E-state index in [9.17, 15) is 37.7 Å². The van der Waals surface area contributed by atoms with Gasteiger partial charge < -0.3 is 10.1 Å². The first kappa shape index (κ1) is 27.6. The molecule has 4 aromatic rings. The van der Waals surface area contributed by atoms with Gasteiger partial charge in [0, 0.05) is 46.1 Å². The molecule has 0 saturated heterocycles. The van der Waals surface area contributed by atoms with Crippen LogP contribution in [0.5, 0.6) is 0 Å². The van der Waals surface area contributed by atoms with E-state index >= 15 is 0 Å². The van der Waals surface area contributed by atoms with Crippen LogP contribution < -0.4 is 10.0 Å². The number of sulfonamides is 1. The molecule has 0 radical (unpaired) electrons. The van der Waals surface area contributed by atoms with Crippen molar-refractivity contribution in [3.63, 3.8) is 0 Å². The lowest BCUT2D eigenvalue weighted by Crippen LogP contribution is -2.46. The fraction of sp³-hybridized carbons (Fsp3) is 0.0357. The summed E-state index contributed by atoms with van der Waals surface area (Å²) in [7, 11) is -4.00. The number of nitro groups is 1. The number of nitrogens with one attached hydrogen (secondary N) is 2. The number of carbonyl (C=O) groups is 4. The minimum absolute atomic E-state index is 0.0437. The summed E-state index contributed by atoms with van der Waals surface area (Å²) in [4.78, 5) is 68.7. The molecule has 6 rings (SSSR count). The number of non-ortho nitro benzene ring substituents is 1. The van der Waals surface area contributed by atoms with Crippen LogP contribution in [-0.4, -0.2) is 47.2 Å². The fourth-order valence-corrected chi connectivity index (χ4v) is 6.56. The van der Waals surface area contributed by atoms with Crippen molar-refractivity contribution in [1.82, 2.24) is 4.98 Å². The number of carbonyl (C=O) groups excluding carboxylic acids is 4. The van der Waals surface area contributed by atoms with Crippen LogP contribution in [0.1, 0.15) is 31.1 Å². The topological polar surface area (TPSA) is 192 Å². The van der Waals surface area contributed by atoms with Crippen LogP contribution in [0, 0.1) is 10.1 Å². The number of hydrogen-bond acceptors (Lipinski definition) is 12. The van der Waals surface area contributed by atoms with Gasteiger partial charge in [0.15, 0.2) is 10.9 Å². The van der Waals surface area contributed by atoms with E-state index in [4.69, 9.17) is 4.74 Å². The first-order valence-corrected chi connectivity index (χ1v) is 14.6. The van der Waals surface area contributed by atoms with Crippen molar-refractivity contribution in [3.8, 4) is 0 Å². The van der Waals surface area contributed by atoms with Gasteiger partial charge in [0.25, 0.3) is 21.3 Å². The second-order valence-electron chi connectivity index (χ2n) is 9.25. The van der Waals surface area contributed by atoms with Crippen LogP contribution >= 0.6 is 11.3 Å². The van der Waals surface area contributed by atoms with E-state index in [0.29, 0.717) is 0 Å². The Morgan fingerprint density at radius 3 is 2.12 bits per heavy atom. The Balaban J connectivity index is 1.43. The molecule has 0 amide bonds. The van der Waals surface area contributed by atoms with Crippen LogP contribution in [0.2, 0.25) is 0 Å². The molecular weight excluding hydrogens is 600 g/mol. The highest BCUT2D eigenvalue weighted by Crippen LogP contribution is 2.45. The van der Waals surface area contributed by atoms with Gasteiger partial charge in [-0.25, -0.2) is 18.2 Å². The lowest BCUT2D eigenvalue weighted by molar-refractivity contribution is -0.384. The number of esters is 1. The van der Waals surface area contributed by atoms with Crippen molar-refractivity contribution in [3.05, 3.63) is 122 Å². The number of hydrogen-bond donors (Lipinski definition) is 2. The Hall–Kier alpha value is -5.54. The van der Waals surface area contributed by atoms with Gasteiger partial charge in [-0.2, -0.15) is 0 Å². The highest BCUT2D eigenvalue weighted by atomic mass is 32.2. The van der Waals surface area contributed by atoms with Crippen molar-refractivity contribution in [1.29, 1.82) is 0 Å². The fourth-order valence-electron chi connectivity index (χ4n) is 4.78. The molecule has 0 saturated carbocycles. The number of fused-ring (bicyclic) bond motifs is 1. The Kier molecular flexibility index (Phi) is 6.47. The molecule has 0 fully saturated rings. The molecule has 0 atom stereocenters. The summed E-state index contributed by atoms with van der Waals surface area (Å²) in [5.74, 6) is -3.97. The number of nitrogens with zero attached hydrogens (tertiary/aromatic N) is 2. The van der Waals surface area contributed by atoms with E-state index in [1.54, 1.807) is 5.38 Å². The molecule has 1 aromatic heterocycles. The van der Waals surface area contributed by atoms with Crippen LogP contribution in [-0.2, 0) is 19.6 Å². The van der Waals surface area contributed by atoms with Gasteiger partial charge in [-0.15, -0.1) is 11.3 Å². The zero-order valence-electron chi connectivity index (χ0n) is 21.5. The minimum Gasteiger partial charge on any atom is -0.432 e. The quantitative estimate of drug-likeness (QED) is 0.0962. The van der Waals surface area contributed by atoms with Crippen molar-refractivity contribution >= 4 is 61.2 Å². The molecule has 43 heavy (non-hydrogen) atoms. The molecule has 0 unspecified atom stereocenters. The summed E-state index contributed by atoms with van der Waals surface area (Å²) in [6.45, 7) is 0. The maximum absolute atomic E-state index is 13.9. The molecule has 3 aromatic carbocycles. The van der Waals surface area contributed by atoms with Crippen LogP contribution in [0.15, 0.2) is 101 Å². The van der Waals surface area contributed by atoms with Gasteiger partial charge in [0.05, 0.1) is 15.4 Å². The van der Waals surface area contributed by atoms with Gasteiger partial charge in [0.2, 0.25) is 11.6 Å². The molecule has 2 aliphatic rings. The maximum Gasteiger partial charge on any atom is 0.357 e. The summed E-state index contributed by atoms with van der Waals surface area (Å²) in [6.07, 6.45) is 1.44. The Labute approximate surface area is 246 Å². The SMILES string of the molecule is O=C1OC2(C(=O)c3ccccc3C2=O)C(C(=O)c2ccc([N+](=O)[O-])cc2)=C1Nc1ccc(S(=O)(=O)Nc2nccs2)cc1. The molecular formula is C28H16N4O9S2. The second-order valence-corrected chi connectivity index (χ2v) is 11.8. The normalized spacial score (nSPS) is 15.4. The number of anilines is 2. The average molecular weight is 617 g/mol. The smallest absolute Gasteiger partial charge is 0.357 e. The molecule has 1 aliphatic heterocycles. The molecule has 13 nitrogen and oxygen atoms in total. The summed E-state index contributed by atoms with van der Waals surface area (Å²) in [5, 5.41) is 15.6. The third-order valence-electron chi connectivity index (χ3n) is 6.76. The van der Waals surface area contributed by atoms with Crippen molar-refractivity contribution in [2.75, 3.05) is 10.0 Å². The summed E-state index contributed by atoms with van der Waals surface area (Å²) < 4.78 is 33.2. The van der Waals surface area contributed by atoms with Crippen LogP contribution in [0.3, 0.4) is 0 Å². The third-order valence-corrected chi connectivity index (χ3v) is 8.94. The molecule has 214 valence electrons. The lowest BCUT2D eigenvalue weighted by Gasteiger charge is -2.21. The first-order valence-electron chi connectivity index (χ1n) is 12.3. The van der Waals surface area contributed by atoms with E-state index in [1.807, 2.05) is 0 Å². The monoisotopic (exact) mass is 616 g/mol. The number of aromatic nitrogens is 1. The van der Waals surface area contributed by atoms with Gasteiger partial charge in [0.1, 0.15) is 5.70 Å². The largest absolute Gasteiger partial charge is 0.432 e. The summed E-state index contributed by atoms with van der Waals surface area (Å²) in [5.41, 5.74) is -4.16. The lowest BCUT2D eigenvalue weighted by atomic mass is 9.83. The van der Waals surface area contributed by atoms with Crippen LogP contribution in [0.25, 0.3) is 0 Å². The van der Waals surface area contributed by atoms with E-state index in [1.165, 1.54) is 54.7 Å². The number of Topliss-reactive ketones (excluding diaryl/α,β-unsaturated/α-hetero) is 3. The number of ketones is 3. The zero-order chi connectivity index (χ0) is 30.5. The molecule has 1 spiro atoms. The Bertz CT molecular complexity index is 1970. The van der Waals surface area contributed by atoms with Crippen molar-refractivity contribution < 1.29 is 37.3 Å². The van der Waals surface area contributed by atoms with Gasteiger partial charge in [-0.05, 0) is 36.4 Å². The highest BCUT2D eigenvalue weighted by molar-refractivity contribution is 7.93. The second kappa shape index (κ2) is 10.1. The number of benzene rings is 3. The van der Waals surface area contributed by atoms with Gasteiger partial charge >= 0.3 is 5.97 Å². The maximum atomic E-state index is 13.9. The van der Waals surface area contributed by atoms with E-state index < -0.39 is 55.1 Å². The van der Waals surface area contributed by atoms with E-state index in [2.05, 4.69) is 15.0 Å². The first-order chi connectivity index (χ1) is 20.5. The van der Waals surface area contributed by atoms with Crippen LogP contribution in [0.4, 0.5) is 16.5 Å². The molecule has 0 bridgehead atoms. The molecule has 15 heteroatoms. The van der Waals surface area contributed by atoms with Gasteiger partial charge in [-0.3, -0.25) is 29.2 Å². The Morgan fingerprint density at radius 1 is 0.930 bits per heavy atom. The van der Waals surface area contributed by atoms with Crippen molar-refractivity contribution in [2.24, 2.45) is 0 Å². The third kappa shape index (κ3) is 4.47. The molecule has 1 aliphatic carbocycles. The number of ether oxygens (including phenoxy) is 1. The summed E-state index contributed by atoms with van der Waals surface area (Å²) in [6, 6.07) is 15.2. The minimum atomic E-state index is -4.00. The number of nitro benzene ring substituents is 1. The predicted octanol–water partition coefficient (Wildman–Crippen LogP) is 3.78. The van der Waals surface area contributed by atoms with E-state index in [-0.39, 0.29) is 38.1 Å². The molecule has 2 N–H and O–H groups in total.